The molecule has 0 amide bonds. The van der Waals surface area contributed by atoms with E-state index in [4.69, 9.17) is 9.53 Å². The summed E-state index contributed by atoms with van der Waals surface area (Å²) in [6.07, 6.45) is 3.48. The molecule has 0 saturated heterocycles. The number of aliphatic hydroxyl groups excluding tert-OH is 1. The molecule has 11 heavy (non-hydrogen) atoms. The lowest BCUT2D eigenvalue weighted by atomic mass is 10.4. The number of aliphatic hydroxyl groups is 1. The van der Waals surface area contributed by atoms with E-state index >= 15 is 0 Å². The van der Waals surface area contributed by atoms with Crippen LogP contribution in [0.25, 0.3) is 0 Å². The van der Waals surface area contributed by atoms with Crippen molar-refractivity contribution in [1.82, 2.24) is 0 Å². The molecule has 0 atom stereocenters. The SMILES string of the molecule is C=CO[Si](C)(C)CCCCO. The Morgan fingerprint density at radius 2 is 2.09 bits per heavy atom. The summed E-state index contributed by atoms with van der Waals surface area (Å²) in [6, 6.07) is 1.10. The summed E-state index contributed by atoms with van der Waals surface area (Å²) in [6.45, 7) is 8.15. The summed E-state index contributed by atoms with van der Waals surface area (Å²) in [7, 11) is -1.47. The van der Waals surface area contributed by atoms with Gasteiger partial charge in [0.25, 0.3) is 0 Å². The number of hydrogen-bond acceptors (Lipinski definition) is 2. The van der Waals surface area contributed by atoms with Gasteiger partial charge in [0.05, 0.1) is 6.26 Å². The van der Waals surface area contributed by atoms with Gasteiger partial charge in [-0.2, -0.15) is 0 Å². The molecule has 0 unspecified atom stereocenters. The van der Waals surface area contributed by atoms with Crippen molar-refractivity contribution in [3.05, 3.63) is 12.8 Å². The Balaban J connectivity index is 3.45. The first kappa shape index (κ1) is 10.7. The van der Waals surface area contributed by atoms with Crippen molar-refractivity contribution in [2.45, 2.75) is 32.0 Å². The van der Waals surface area contributed by atoms with Crippen LogP contribution in [0.2, 0.25) is 19.1 Å². The molecular formula is C8H18O2Si. The monoisotopic (exact) mass is 174 g/mol. The third-order valence-electron chi connectivity index (χ3n) is 1.59. The summed E-state index contributed by atoms with van der Waals surface area (Å²) in [4.78, 5) is 0. The largest absolute Gasteiger partial charge is 0.550 e. The first-order chi connectivity index (χ1) is 5.12. The first-order valence-electron chi connectivity index (χ1n) is 4.02. The second-order valence-electron chi connectivity index (χ2n) is 3.22. The van der Waals surface area contributed by atoms with E-state index in [1.54, 1.807) is 0 Å². The summed E-state index contributed by atoms with van der Waals surface area (Å²) >= 11 is 0. The van der Waals surface area contributed by atoms with Gasteiger partial charge in [-0.25, -0.2) is 0 Å². The minimum absolute atomic E-state index is 0.290. The minimum Gasteiger partial charge on any atom is -0.550 e. The van der Waals surface area contributed by atoms with Crippen molar-refractivity contribution >= 4 is 8.32 Å². The lowest BCUT2D eigenvalue weighted by Gasteiger charge is -2.20. The highest BCUT2D eigenvalue weighted by molar-refractivity contribution is 6.71. The van der Waals surface area contributed by atoms with Gasteiger partial charge in [0.2, 0.25) is 8.32 Å². The van der Waals surface area contributed by atoms with Crippen molar-refractivity contribution < 1.29 is 9.53 Å². The Morgan fingerprint density at radius 3 is 2.55 bits per heavy atom. The highest BCUT2D eigenvalue weighted by Gasteiger charge is 2.21. The molecule has 0 aliphatic carbocycles. The zero-order valence-corrected chi connectivity index (χ0v) is 8.47. The molecule has 66 valence electrons. The molecular weight excluding hydrogens is 156 g/mol. The Morgan fingerprint density at radius 1 is 1.45 bits per heavy atom. The predicted octanol–water partition coefficient (Wildman–Crippen LogP) is 2.12. The molecule has 1 N–H and O–H groups in total. The van der Waals surface area contributed by atoms with Crippen LogP contribution >= 0.6 is 0 Å². The second-order valence-corrected chi connectivity index (χ2v) is 7.48. The van der Waals surface area contributed by atoms with E-state index in [1.165, 1.54) is 6.26 Å². The van der Waals surface area contributed by atoms with Gasteiger partial charge in [-0.05, 0) is 25.6 Å². The average molecular weight is 174 g/mol. The lowest BCUT2D eigenvalue weighted by molar-refractivity contribution is 0.286. The molecule has 2 nitrogen and oxygen atoms in total. The van der Waals surface area contributed by atoms with E-state index in [0.29, 0.717) is 6.61 Å². The lowest BCUT2D eigenvalue weighted by Crippen LogP contribution is -2.27. The zero-order valence-electron chi connectivity index (χ0n) is 7.47. The summed E-state index contributed by atoms with van der Waals surface area (Å²) < 4.78 is 5.40. The van der Waals surface area contributed by atoms with Crippen molar-refractivity contribution in [3.8, 4) is 0 Å². The molecule has 0 heterocycles. The standard InChI is InChI=1S/C8H18O2Si/c1-4-10-11(2,3)8-6-5-7-9/h4,9H,1,5-8H2,2-3H3. The average Bonchev–Trinajstić information content (AvgIpc) is 1.87. The van der Waals surface area contributed by atoms with E-state index in [-0.39, 0.29) is 0 Å². The van der Waals surface area contributed by atoms with Crippen molar-refractivity contribution in [3.63, 3.8) is 0 Å². The van der Waals surface area contributed by atoms with E-state index in [9.17, 15) is 0 Å². The van der Waals surface area contributed by atoms with Gasteiger partial charge in [-0.15, -0.1) is 0 Å². The quantitative estimate of drug-likeness (QED) is 0.380. The Hall–Kier alpha value is -0.283. The number of rotatable bonds is 6. The fourth-order valence-electron chi connectivity index (χ4n) is 0.947. The van der Waals surface area contributed by atoms with E-state index in [2.05, 4.69) is 19.7 Å². The fourth-order valence-corrected chi connectivity index (χ4v) is 2.62. The van der Waals surface area contributed by atoms with Crippen LogP contribution in [0.5, 0.6) is 0 Å². The smallest absolute Gasteiger partial charge is 0.244 e. The van der Waals surface area contributed by atoms with Gasteiger partial charge in [0.1, 0.15) is 0 Å². The van der Waals surface area contributed by atoms with Crippen LogP contribution in [-0.2, 0) is 4.43 Å². The van der Waals surface area contributed by atoms with E-state index < -0.39 is 8.32 Å². The fraction of sp³-hybridized carbons (Fsp3) is 0.750. The molecule has 0 spiro atoms. The molecule has 3 heteroatoms. The maximum Gasteiger partial charge on any atom is 0.244 e. The first-order valence-corrected chi connectivity index (χ1v) is 7.13. The Labute approximate surface area is 70.0 Å². The van der Waals surface area contributed by atoms with Gasteiger partial charge in [-0.3, -0.25) is 0 Å². The van der Waals surface area contributed by atoms with E-state index in [0.717, 1.165) is 18.9 Å². The Kier molecular flexibility index (Phi) is 5.24. The molecule has 0 aliphatic heterocycles. The van der Waals surface area contributed by atoms with Crippen LogP contribution in [0.1, 0.15) is 12.8 Å². The predicted molar refractivity (Wildman–Crippen MR) is 49.9 cm³/mol. The number of unbranched alkanes of at least 4 members (excludes halogenated alkanes) is 1. The number of hydrogen-bond donors (Lipinski definition) is 1. The van der Waals surface area contributed by atoms with Gasteiger partial charge >= 0.3 is 0 Å². The van der Waals surface area contributed by atoms with E-state index in [1.807, 2.05) is 0 Å². The molecule has 0 radical (unpaired) electrons. The Bertz CT molecular complexity index is 113. The molecule has 0 rings (SSSR count). The summed E-state index contributed by atoms with van der Waals surface area (Å²) in [5, 5.41) is 8.55. The third-order valence-corrected chi connectivity index (χ3v) is 3.95. The van der Waals surface area contributed by atoms with Crippen LogP contribution < -0.4 is 0 Å². The van der Waals surface area contributed by atoms with Crippen LogP contribution in [0, 0.1) is 0 Å². The van der Waals surface area contributed by atoms with Gasteiger partial charge < -0.3 is 9.53 Å². The molecule has 0 aliphatic rings. The summed E-state index contributed by atoms with van der Waals surface area (Å²) in [5.74, 6) is 0. The molecule has 0 aromatic heterocycles. The maximum atomic E-state index is 8.55. The molecule has 0 aromatic rings. The molecule has 0 aromatic carbocycles. The van der Waals surface area contributed by atoms with Gasteiger partial charge in [-0.1, -0.05) is 13.0 Å². The van der Waals surface area contributed by atoms with Gasteiger partial charge in [0, 0.05) is 6.61 Å². The highest BCUT2D eigenvalue weighted by Crippen LogP contribution is 2.14. The van der Waals surface area contributed by atoms with Crippen LogP contribution in [0.15, 0.2) is 12.8 Å². The molecule has 0 bridgehead atoms. The van der Waals surface area contributed by atoms with Crippen LogP contribution in [0.4, 0.5) is 0 Å². The van der Waals surface area contributed by atoms with Crippen molar-refractivity contribution in [2.24, 2.45) is 0 Å². The zero-order chi connectivity index (χ0) is 8.74. The molecule has 0 saturated carbocycles. The minimum atomic E-state index is -1.47. The highest BCUT2D eigenvalue weighted by atomic mass is 28.4. The normalized spacial score (nSPS) is 11.2. The second kappa shape index (κ2) is 5.38. The van der Waals surface area contributed by atoms with Crippen LogP contribution in [-0.4, -0.2) is 20.0 Å². The van der Waals surface area contributed by atoms with Crippen molar-refractivity contribution in [1.29, 1.82) is 0 Å². The molecule has 0 fully saturated rings. The topological polar surface area (TPSA) is 29.5 Å². The van der Waals surface area contributed by atoms with Crippen molar-refractivity contribution in [2.75, 3.05) is 6.61 Å². The van der Waals surface area contributed by atoms with Crippen LogP contribution in [0.3, 0.4) is 0 Å². The maximum absolute atomic E-state index is 8.55. The van der Waals surface area contributed by atoms with Gasteiger partial charge in [0.15, 0.2) is 0 Å². The third kappa shape index (κ3) is 6.13. The summed E-state index contributed by atoms with van der Waals surface area (Å²) in [5.41, 5.74) is 0.